The van der Waals surface area contributed by atoms with Gasteiger partial charge in [0.25, 0.3) is 11.8 Å². The zero-order valence-electron chi connectivity index (χ0n) is 24.7. The Morgan fingerprint density at radius 3 is 2.59 bits per heavy atom. The molecule has 0 N–H and O–H groups in total. The van der Waals surface area contributed by atoms with Crippen LogP contribution in [0.15, 0.2) is 94.8 Å². The van der Waals surface area contributed by atoms with Crippen LogP contribution in [0.1, 0.15) is 28.4 Å². The highest BCUT2D eigenvalue weighted by atomic mass is 32.2. The molecular weight excluding hydrogens is 574 g/mol. The van der Waals surface area contributed by atoms with Gasteiger partial charge in [-0.2, -0.15) is 0 Å². The van der Waals surface area contributed by atoms with E-state index in [-0.39, 0.29) is 11.8 Å². The number of amidine groups is 1. The number of methoxy groups -OCH3 is 1. The molecule has 0 aromatic heterocycles. The summed E-state index contributed by atoms with van der Waals surface area (Å²) in [6, 6.07) is 27.3. The Morgan fingerprint density at radius 1 is 0.977 bits per heavy atom. The lowest BCUT2D eigenvalue weighted by Gasteiger charge is -2.26. The lowest BCUT2D eigenvalue weighted by atomic mass is 10.1. The Morgan fingerprint density at radius 2 is 1.77 bits per heavy atom. The van der Waals surface area contributed by atoms with Gasteiger partial charge in [-0.05, 0) is 77.0 Å². The lowest BCUT2D eigenvalue weighted by Crippen LogP contribution is -2.40. The van der Waals surface area contributed by atoms with Crippen molar-refractivity contribution in [1.29, 1.82) is 0 Å². The van der Waals surface area contributed by atoms with Crippen LogP contribution < -0.4 is 9.47 Å². The van der Waals surface area contributed by atoms with Crippen LogP contribution in [0, 0.1) is 0 Å². The Balaban J connectivity index is 1.19. The van der Waals surface area contributed by atoms with Crippen molar-refractivity contribution >= 4 is 51.3 Å². The molecule has 2 heterocycles. The highest BCUT2D eigenvalue weighted by molar-refractivity contribution is 8.18. The molecule has 4 aromatic rings. The number of benzene rings is 4. The number of likely N-dealkylation sites (N-methyl/N-ethyl adjacent to an activating group) is 1. The van der Waals surface area contributed by atoms with Gasteiger partial charge in [0, 0.05) is 25.2 Å². The first kappa shape index (κ1) is 29.5. The SMILES string of the molecule is CCN1C(=O)/C(=C\c2ccc(OCc3cccc4ccccc34)c(OC)c2)SC1=Nc1cccc(C(=O)N2CCOCC2)c1. The van der Waals surface area contributed by atoms with E-state index in [9.17, 15) is 9.59 Å². The van der Waals surface area contributed by atoms with Crippen molar-refractivity contribution in [3.05, 3.63) is 107 Å². The molecule has 0 spiro atoms. The molecule has 9 heteroatoms. The second-order valence-corrected chi connectivity index (χ2v) is 11.4. The first-order valence-electron chi connectivity index (χ1n) is 14.6. The predicted octanol–water partition coefficient (Wildman–Crippen LogP) is 6.52. The van der Waals surface area contributed by atoms with E-state index in [1.165, 1.54) is 17.1 Å². The van der Waals surface area contributed by atoms with E-state index >= 15 is 0 Å². The smallest absolute Gasteiger partial charge is 0.266 e. The maximum Gasteiger partial charge on any atom is 0.266 e. The number of ether oxygens (including phenoxy) is 3. The molecule has 2 aliphatic heterocycles. The number of amides is 2. The van der Waals surface area contributed by atoms with Gasteiger partial charge >= 0.3 is 0 Å². The topological polar surface area (TPSA) is 80.7 Å². The molecule has 0 saturated carbocycles. The molecule has 2 fully saturated rings. The maximum absolute atomic E-state index is 13.3. The van der Waals surface area contributed by atoms with Crippen LogP contribution in [-0.2, 0) is 16.1 Å². The first-order chi connectivity index (χ1) is 21.5. The fourth-order valence-electron chi connectivity index (χ4n) is 5.26. The molecule has 0 radical (unpaired) electrons. The molecule has 8 nitrogen and oxygen atoms in total. The van der Waals surface area contributed by atoms with Gasteiger partial charge in [0.15, 0.2) is 16.7 Å². The first-order valence-corrected chi connectivity index (χ1v) is 15.4. The quantitative estimate of drug-likeness (QED) is 0.212. The van der Waals surface area contributed by atoms with E-state index < -0.39 is 0 Å². The zero-order valence-corrected chi connectivity index (χ0v) is 25.5. The molecule has 0 unspecified atom stereocenters. The van der Waals surface area contributed by atoms with Crippen LogP contribution in [-0.4, -0.2) is 66.7 Å². The van der Waals surface area contributed by atoms with Crippen LogP contribution in [0.25, 0.3) is 16.8 Å². The number of hydrogen-bond acceptors (Lipinski definition) is 7. The number of hydrogen-bond donors (Lipinski definition) is 0. The second kappa shape index (κ2) is 13.4. The van der Waals surface area contributed by atoms with Gasteiger partial charge in [0.05, 0.1) is 30.9 Å². The van der Waals surface area contributed by atoms with E-state index in [0.717, 1.165) is 16.5 Å². The summed E-state index contributed by atoms with van der Waals surface area (Å²) in [6.07, 6.45) is 1.84. The number of fused-ring (bicyclic) bond motifs is 1. The monoisotopic (exact) mass is 607 g/mol. The number of morpholine rings is 1. The summed E-state index contributed by atoms with van der Waals surface area (Å²) in [5, 5.41) is 2.89. The van der Waals surface area contributed by atoms with Crippen LogP contribution >= 0.6 is 11.8 Å². The van der Waals surface area contributed by atoms with Crippen molar-refractivity contribution in [3.63, 3.8) is 0 Å². The highest BCUT2D eigenvalue weighted by Gasteiger charge is 2.32. The van der Waals surface area contributed by atoms with E-state index in [0.29, 0.717) is 72.3 Å². The third-order valence-corrected chi connectivity index (χ3v) is 8.58. The molecule has 0 aliphatic carbocycles. The average molecular weight is 608 g/mol. The van der Waals surface area contributed by atoms with Gasteiger partial charge in [0.1, 0.15) is 6.61 Å². The van der Waals surface area contributed by atoms with Gasteiger partial charge in [-0.15, -0.1) is 0 Å². The summed E-state index contributed by atoms with van der Waals surface area (Å²) in [4.78, 5) is 35.1. The Bertz CT molecular complexity index is 1760. The number of rotatable bonds is 8. The Hall–Kier alpha value is -4.60. The molecule has 2 amide bonds. The highest BCUT2D eigenvalue weighted by Crippen LogP contribution is 2.36. The molecular formula is C35H33N3O5S. The summed E-state index contributed by atoms with van der Waals surface area (Å²) in [7, 11) is 1.61. The van der Waals surface area contributed by atoms with Crippen molar-refractivity contribution in [2.75, 3.05) is 40.0 Å². The van der Waals surface area contributed by atoms with E-state index in [1.54, 1.807) is 29.0 Å². The van der Waals surface area contributed by atoms with Gasteiger partial charge in [0.2, 0.25) is 0 Å². The van der Waals surface area contributed by atoms with Crippen LogP contribution in [0.5, 0.6) is 11.5 Å². The summed E-state index contributed by atoms with van der Waals surface area (Å²) in [6.45, 7) is 5.01. The average Bonchev–Trinajstić information content (AvgIpc) is 3.36. The predicted molar refractivity (Wildman–Crippen MR) is 174 cm³/mol. The standard InChI is InChI=1S/C35H33N3O5S/c1-3-38-34(40)32(44-35(38)36-28-12-7-10-26(22-28)33(39)37-16-18-42-19-17-37)21-24-14-15-30(31(20-24)41-2)43-23-27-11-6-9-25-8-4-5-13-29(25)27/h4-15,20-22H,3,16-19,23H2,1-2H3/b32-21+,36-35?. The van der Waals surface area contributed by atoms with Crippen molar-refractivity contribution in [2.24, 2.45) is 4.99 Å². The summed E-state index contributed by atoms with van der Waals surface area (Å²) in [5.41, 5.74) is 3.09. The lowest BCUT2D eigenvalue weighted by molar-refractivity contribution is -0.122. The maximum atomic E-state index is 13.3. The summed E-state index contributed by atoms with van der Waals surface area (Å²) >= 11 is 1.31. The molecule has 4 aromatic carbocycles. The normalized spacial score (nSPS) is 17.1. The van der Waals surface area contributed by atoms with Gasteiger partial charge in [-0.25, -0.2) is 4.99 Å². The largest absolute Gasteiger partial charge is 0.493 e. The molecule has 0 bridgehead atoms. The zero-order chi connectivity index (χ0) is 30.5. The molecule has 0 atom stereocenters. The number of nitrogens with zero attached hydrogens (tertiary/aromatic N) is 3. The fraction of sp³-hybridized carbons (Fsp3) is 0.229. The summed E-state index contributed by atoms with van der Waals surface area (Å²) in [5.74, 6) is 1.04. The van der Waals surface area contributed by atoms with Crippen molar-refractivity contribution in [2.45, 2.75) is 13.5 Å². The molecule has 44 heavy (non-hydrogen) atoms. The van der Waals surface area contributed by atoms with E-state index in [4.69, 9.17) is 19.2 Å². The molecule has 2 saturated heterocycles. The molecule has 2 aliphatic rings. The fourth-order valence-corrected chi connectivity index (χ4v) is 6.32. The minimum Gasteiger partial charge on any atom is -0.493 e. The van der Waals surface area contributed by atoms with Gasteiger partial charge in [-0.1, -0.05) is 54.6 Å². The number of carbonyl (C=O) groups excluding carboxylic acids is 2. The van der Waals surface area contributed by atoms with E-state index in [1.807, 2.05) is 61.5 Å². The third-order valence-electron chi connectivity index (χ3n) is 7.57. The molecule has 224 valence electrons. The van der Waals surface area contributed by atoms with Crippen LogP contribution in [0.2, 0.25) is 0 Å². The summed E-state index contributed by atoms with van der Waals surface area (Å²) < 4.78 is 17.2. The third kappa shape index (κ3) is 6.34. The minimum absolute atomic E-state index is 0.0445. The molecule has 6 rings (SSSR count). The van der Waals surface area contributed by atoms with Crippen LogP contribution in [0.4, 0.5) is 5.69 Å². The van der Waals surface area contributed by atoms with Crippen molar-refractivity contribution < 1.29 is 23.8 Å². The number of aliphatic imine (C=N–C) groups is 1. The van der Waals surface area contributed by atoms with Crippen LogP contribution in [0.3, 0.4) is 0 Å². The second-order valence-electron chi connectivity index (χ2n) is 10.3. The van der Waals surface area contributed by atoms with Crippen molar-refractivity contribution in [1.82, 2.24) is 9.80 Å². The Kier molecular flexibility index (Phi) is 8.95. The van der Waals surface area contributed by atoms with Crippen molar-refractivity contribution in [3.8, 4) is 11.5 Å². The number of thioether (sulfide) groups is 1. The number of carbonyl (C=O) groups is 2. The Labute approximate surface area is 260 Å². The minimum atomic E-state index is -0.118. The van der Waals surface area contributed by atoms with E-state index in [2.05, 4.69) is 24.3 Å². The van der Waals surface area contributed by atoms with Gasteiger partial charge < -0.3 is 19.1 Å². The van der Waals surface area contributed by atoms with Gasteiger partial charge in [-0.3, -0.25) is 14.5 Å².